The van der Waals surface area contributed by atoms with Gasteiger partial charge in [-0.25, -0.2) is 9.97 Å². The number of carbonyl (C=O) groups excluding carboxylic acids is 1. The second-order valence-electron chi connectivity index (χ2n) is 4.61. The molecule has 22 heavy (non-hydrogen) atoms. The summed E-state index contributed by atoms with van der Waals surface area (Å²) in [5.74, 6) is -1.14. The van der Waals surface area contributed by atoms with Gasteiger partial charge in [-0.1, -0.05) is 12.1 Å². The quantitative estimate of drug-likeness (QED) is 0.681. The van der Waals surface area contributed by atoms with Crippen molar-refractivity contribution in [3.8, 4) is 6.07 Å². The number of nitriles is 1. The molecular formula is C16H11N3OS2. The number of allylic oxidation sites excluding steroid dienone is 1. The average Bonchev–Trinajstić information content (AvgIpc) is 3.11. The predicted molar refractivity (Wildman–Crippen MR) is 88.9 cm³/mol. The molecule has 3 rings (SSSR count). The maximum absolute atomic E-state index is 12.3. The molecule has 1 unspecified atom stereocenters. The van der Waals surface area contributed by atoms with Gasteiger partial charge in [0.1, 0.15) is 5.01 Å². The minimum Gasteiger partial charge on any atom is -0.293 e. The number of hydrogen-bond acceptors (Lipinski definition) is 6. The summed E-state index contributed by atoms with van der Waals surface area (Å²) in [4.78, 5) is 20.9. The third-order valence-electron chi connectivity index (χ3n) is 3.03. The molecule has 0 N–H and O–H groups in total. The van der Waals surface area contributed by atoms with Gasteiger partial charge in [0.25, 0.3) is 0 Å². The minimum atomic E-state index is -0.867. The lowest BCUT2D eigenvalue weighted by atomic mass is 10.1. The Morgan fingerprint density at radius 2 is 2.18 bits per heavy atom. The smallest absolute Gasteiger partial charge is 0.179 e. The molecule has 2 heterocycles. The number of aromatic nitrogens is 2. The topological polar surface area (TPSA) is 66.6 Å². The second kappa shape index (κ2) is 6.18. The SMILES string of the molecule is Cc1nc(/C=C/C(=O)C(C#N)c2nc3ccccc3s2)cs1. The minimum absolute atomic E-state index is 0.271. The molecule has 0 bridgehead atoms. The van der Waals surface area contributed by atoms with Crippen LogP contribution in [-0.2, 0) is 4.79 Å². The molecule has 0 aliphatic carbocycles. The lowest BCUT2D eigenvalue weighted by Gasteiger charge is -1.99. The molecule has 0 aliphatic rings. The molecule has 0 saturated heterocycles. The Labute approximate surface area is 135 Å². The van der Waals surface area contributed by atoms with Crippen LogP contribution in [0.2, 0.25) is 0 Å². The van der Waals surface area contributed by atoms with E-state index in [4.69, 9.17) is 0 Å². The molecule has 0 radical (unpaired) electrons. The van der Waals surface area contributed by atoms with Crippen LogP contribution < -0.4 is 0 Å². The number of ketones is 1. The summed E-state index contributed by atoms with van der Waals surface area (Å²) in [5, 5.41) is 12.7. The summed E-state index contributed by atoms with van der Waals surface area (Å²) >= 11 is 2.90. The highest BCUT2D eigenvalue weighted by atomic mass is 32.1. The molecule has 108 valence electrons. The second-order valence-corrected chi connectivity index (χ2v) is 6.73. The summed E-state index contributed by atoms with van der Waals surface area (Å²) in [6, 6.07) is 9.66. The fourth-order valence-corrected chi connectivity index (χ4v) is 3.58. The summed E-state index contributed by atoms with van der Waals surface area (Å²) in [5.41, 5.74) is 1.55. The first-order valence-electron chi connectivity index (χ1n) is 6.56. The Hall–Kier alpha value is -2.36. The van der Waals surface area contributed by atoms with E-state index in [0.29, 0.717) is 5.01 Å². The molecule has 0 fully saturated rings. The van der Waals surface area contributed by atoms with E-state index in [1.54, 1.807) is 6.08 Å². The van der Waals surface area contributed by atoms with Crippen molar-refractivity contribution in [3.05, 3.63) is 51.4 Å². The summed E-state index contributed by atoms with van der Waals surface area (Å²) < 4.78 is 0.977. The van der Waals surface area contributed by atoms with Crippen molar-refractivity contribution in [2.75, 3.05) is 0 Å². The van der Waals surface area contributed by atoms with E-state index in [1.165, 1.54) is 28.7 Å². The van der Waals surface area contributed by atoms with E-state index in [0.717, 1.165) is 20.9 Å². The number of nitrogens with zero attached hydrogens (tertiary/aromatic N) is 3. The van der Waals surface area contributed by atoms with Crippen LogP contribution in [0.25, 0.3) is 16.3 Å². The van der Waals surface area contributed by atoms with Gasteiger partial charge in [0.15, 0.2) is 11.7 Å². The highest BCUT2D eigenvalue weighted by Crippen LogP contribution is 2.28. The van der Waals surface area contributed by atoms with E-state index in [1.807, 2.05) is 42.6 Å². The fraction of sp³-hybridized carbons (Fsp3) is 0.125. The molecular weight excluding hydrogens is 314 g/mol. The van der Waals surface area contributed by atoms with Gasteiger partial charge in [-0.05, 0) is 31.2 Å². The molecule has 1 atom stereocenters. The van der Waals surface area contributed by atoms with Crippen molar-refractivity contribution in [3.63, 3.8) is 0 Å². The van der Waals surface area contributed by atoms with E-state index < -0.39 is 5.92 Å². The van der Waals surface area contributed by atoms with Gasteiger partial charge in [-0.15, -0.1) is 22.7 Å². The standard InChI is InChI=1S/C16H11N3OS2/c1-10-18-11(9-21-10)6-7-14(20)12(8-17)16-19-13-4-2-3-5-15(13)22-16/h2-7,9,12H,1H3/b7-6+. The third-order valence-corrected chi connectivity index (χ3v) is 4.92. The van der Waals surface area contributed by atoms with Crippen LogP contribution in [0.15, 0.2) is 35.7 Å². The Kier molecular flexibility index (Phi) is 4.09. The molecule has 2 aromatic heterocycles. The lowest BCUT2D eigenvalue weighted by Crippen LogP contribution is -2.07. The van der Waals surface area contributed by atoms with Crippen molar-refractivity contribution in [2.45, 2.75) is 12.8 Å². The van der Waals surface area contributed by atoms with Crippen LogP contribution in [0, 0.1) is 18.3 Å². The molecule has 0 amide bonds. The van der Waals surface area contributed by atoms with Crippen LogP contribution in [-0.4, -0.2) is 15.8 Å². The number of thiazole rings is 2. The zero-order valence-electron chi connectivity index (χ0n) is 11.7. The van der Waals surface area contributed by atoms with Crippen LogP contribution in [0.4, 0.5) is 0 Å². The van der Waals surface area contributed by atoms with Gasteiger partial charge in [0.05, 0.1) is 27.0 Å². The highest BCUT2D eigenvalue weighted by Gasteiger charge is 2.22. The maximum Gasteiger partial charge on any atom is 0.179 e. The number of rotatable bonds is 4. The Bertz CT molecular complexity index is 868. The molecule has 0 spiro atoms. The van der Waals surface area contributed by atoms with E-state index in [-0.39, 0.29) is 5.78 Å². The number of hydrogen-bond donors (Lipinski definition) is 0. The summed E-state index contributed by atoms with van der Waals surface area (Å²) in [7, 11) is 0. The fourth-order valence-electron chi connectivity index (χ4n) is 1.97. The Morgan fingerprint density at radius 1 is 1.36 bits per heavy atom. The average molecular weight is 325 g/mol. The lowest BCUT2D eigenvalue weighted by molar-refractivity contribution is -0.114. The molecule has 3 aromatic rings. The van der Waals surface area contributed by atoms with Crippen LogP contribution in [0.1, 0.15) is 21.6 Å². The van der Waals surface area contributed by atoms with E-state index in [2.05, 4.69) is 9.97 Å². The monoisotopic (exact) mass is 325 g/mol. The third kappa shape index (κ3) is 2.96. The highest BCUT2D eigenvalue weighted by molar-refractivity contribution is 7.18. The number of fused-ring (bicyclic) bond motifs is 1. The van der Waals surface area contributed by atoms with Crippen molar-refractivity contribution >= 4 is 44.7 Å². The van der Waals surface area contributed by atoms with Gasteiger partial charge in [-0.2, -0.15) is 5.26 Å². The van der Waals surface area contributed by atoms with Crippen LogP contribution >= 0.6 is 22.7 Å². The number of benzene rings is 1. The van der Waals surface area contributed by atoms with Gasteiger partial charge in [0.2, 0.25) is 0 Å². The molecule has 4 nitrogen and oxygen atoms in total. The van der Waals surface area contributed by atoms with Gasteiger partial charge in [-0.3, -0.25) is 4.79 Å². The van der Waals surface area contributed by atoms with Crippen LogP contribution in [0.5, 0.6) is 0 Å². The van der Waals surface area contributed by atoms with Crippen molar-refractivity contribution < 1.29 is 4.79 Å². The number of para-hydroxylation sites is 1. The first kappa shape index (κ1) is 14.6. The Morgan fingerprint density at radius 3 is 2.86 bits per heavy atom. The number of aryl methyl sites for hydroxylation is 1. The van der Waals surface area contributed by atoms with Gasteiger partial charge in [0, 0.05) is 5.38 Å². The van der Waals surface area contributed by atoms with Crippen molar-refractivity contribution in [1.82, 2.24) is 9.97 Å². The predicted octanol–water partition coefficient (Wildman–Crippen LogP) is 3.95. The van der Waals surface area contributed by atoms with Crippen LogP contribution in [0.3, 0.4) is 0 Å². The summed E-state index contributed by atoms with van der Waals surface area (Å²) in [6.07, 6.45) is 3.05. The Balaban J connectivity index is 1.85. The zero-order valence-corrected chi connectivity index (χ0v) is 13.3. The number of carbonyl (C=O) groups is 1. The largest absolute Gasteiger partial charge is 0.293 e. The van der Waals surface area contributed by atoms with E-state index >= 15 is 0 Å². The molecule has 6 heteroatoms. The molecule has 1 aromatic carbocycles. The van der Waals surface area contributed by atoms with Gasteiger partial charge < -0.3 is 0 Å². The normalized spacial score (nSPS) is 12.5. The molecule has 0 saturated carbocycles. The van der Waals surface area contributed by atoms with Crippen molar-refractivity contribution in [1.29, 1.82) is 5.26 Å². The first-order valence-corrected chi connectivity index (χ1v) is 8.26. The maximum atomic E-state index is 12.3. The zero-order chi connectivity index (χ0) is 15.5. The van der Waals surface area contributed by atoms with Gasteiger partial charge >= 0.3 is 0 Å². The molecule has 0 aliphatic heterocycles. The summed E-state index contributed by atoms with van der Waals surface area (Å²) in [6.45, 7) is 1.91. The van der Waals surface area contributed by atoms with Crippen molar-refractivity contribution in [2.24, 2.45) is 0 Å². The van der Waals surface area contributed by atoms with E-state index in [9.17, 15) is 10.1 Å². The first-order chi connectivity index (χ1) is 10.7.